The van der Waals surface area contributed by atoms with Gasteiger partial charge in [-0.25, -0.2) is 13.4 Å². The van der Waals surface area contributed by atoms with Gasteiger partial charge in [0.2, 0.25) is 0 Å². The second-order valence-corrected chi connectivity index (χ2v) is 8.24. The zero-order chi connectivity index (χ0) is 17.5. The second kappa shape index (κ2) is 8.19. The van der Waals surface area contributed by atoms with Gasteiger partial charge in [-0.05, 0) is 52.0 Å². The number of rotatable bonds is 6. The summed E-state index contributed by atoms with van der Waals surface area (Å²) in [5, 5.41) is 6.48. The first-order chi connectivity index (χ1) is 10.6. The molecular formula is C16H27N3O3S. The van der Waals surface area contributed by atoms with Crippen LogP contribution < -0.4 is 15.4 Å². The molecule has 0 heterocycles. The summed E-state index contributed by atoms with van der Waals surface area (Å²) in [5.41, 5.74) is -0.0661. The lowest BCUT2D eigenvalue weighted by Crippen LogP contribution is -2.47. The molecule has 0 radical (unpaired) electrons. The lowest BCUT2D eigenvalue weighted by Gasteiger charge is -2.23. The van der Waals surface area contributed by atoms with Gasteiger partial charge in [0.05, 0.1) is 11.4 Å². The van der Waals surface area contributed by atoms with E-state index in [1.807, 2.05) is 6.92 Å². The van der Waals surface area contributed by atoms with Crippen LogP contribution in [0.2, 0.25) is 0 Å². The summed E-state index contributed by atoms with van der Waals surface area (Å²) in [5.74, 6) is 1.37. The van der Waals surface area contributed by atoms with Crippen LogP contribution in [-0.4, -0.2) is 45.9 Å². The van der Waals surface area contributed by atoms with Crippen LogP contribution in [0.5, 0.6) is 5.75 Å². The molecule has 0 aromatic heterocycles. The predicted molar refractivity (Wildman–Crippen MR) is 93.9 cm³/mol. The van der Waals surface area contributed by atoms with Crippen molar-refractivity contribution >= 4 is 15.8 Å². The largest absolute Gasteiger partial charge is 0.492 e. The number of nitrogens with zero attached hydrogens (tertiary/aromatic N) is 1. The SMILES string of the molecule is CCNC(=NCCOc1ccc(S(C)(=O)=O)cc1)NC(C)(C)C. The van der Waals surface area contributed by atoms with Crippen LogP contribution in [0.1, 0.15) is 27.7 Å². The third-order valence-electron chi connectivity index (χ3n) is 2.72. The molecular weight excluding hydrogens is 314 g/mol. The number of ether oxygens (including phenoxy) is 1. The van der Waals surface area contributed by atoms with E-state index >= 15 is 0 Å². The van der Waals surface area contributed by atoms with E-state index in [9.17, 15) is 8.42 Å². The Bertz CT molecular complexity index is 617. The maximum Gasteiger partial charge on any atom is 0.191 e. The van der Waals surface area contributed by atoms with E-state index in [4.69, 9.17) is 4.74 Å². The fraction of sp³-hybridized carbons (Fsp3) is 0.562. The third-order valence-corrected chi connectivity index (χ3v) is 3.85. The monoisotopic (exact) mass is 341 g/mol. The van der Waals surface area contributed by atoms with Crippen molar-refractivity contribution in [2.24, 2.45) is 4.99 Å². The van der Waals surface area contributed by atoms with E-state index in [0.29, 0.717) is 18.9 Å². The van der Waals surface area contributed by atoms with Crippen LogP contribution in [0.25, 0.3) is 0 Å². The lowest BCUT2D eigenvalue weighted by atomic mass is 10.1. The van der Waals surface area contributed by atoms with E-state index in [1.54, 1.807) is 24.3 Å². The van der Waals surface area contributed by atoms with Crippen LogP contribution in [0.4, 0.5) is 0 Å². The van der Waals surface area contributed by atoms with Gasteiger partial charge in [0.25, 0.3) is 0 Å². The summed E-state index contributed by atoms with van der Waals surface area (Å²) in [4.78, 5) is 4.73. The Balaban J connectivity index is 2.53. The normalized spacial score (nSPS) is 12.8. The molecule has 2 N–H and O–H groups in total. The van der Waals surface area contributed by atoms with E-state index in [0.717, 1.165) is 12.5 Å². The number of hydrogen-bond donors (Lipinski definition) is 2. The molecule has 0 aliphatic carbocycles. The summed E-state index contributed by atoms with van der Waals surface area (Å²) in [7, 11) is -3.17. The van der Waals surface area contributed by atoms with Gasteiger partial charge in [-0.3, -0.25) is 0 Å². The Morgan fingerprint density at radius 3 is 2.30 bits per heavy atom. The molecule has 0 aliphatic heterocycles. The molecule has 0 atom stereocenters. The molecule has 130 valence electrons. The van der Waals surface area contributed by atoms with Crippen molar-refractivity contribution in [3.63, 3.8) is 0 Å². The first-order valence-corrected chi connectivity index (χ1v) is 9.50. The minimum absolute atomic E-state index is 0.0661. The van der Waals surface area contributed by atoms with Gasteiger partial charge in [0.15, 0.2) is 15.8 Å². The number of nitrogens with one attached hydrogen (secondary N) is 2. The molecule has 0 aliphatic rings. The molecule has 0 fully saturated rings. The maximum atomic E-state index is 11.4. The van der Waals surface area contributed by atoms with Crippen molar-refractivity contribution in [2.75, 3.05) is 26.0 Å². The van der Waals surface area contributed by atoms with Gasteiger partial charge >= 0.3 is 0 Å². The molecule has 0 saturated heterocycles. The Kier molecular flexibility index (Phi) is 6.87. The van der Waals surface area contributed by atoms with Crippen molar-refractivity contribution < 1.29 is 13.2 Å². The van der Waals surface area contributed by atoms with Crippen molar-refractivity contribution in [1.29, 1.82) is 0 Å². The molecule has 0 saturated carbocycles. The molecule has 0 bridgehead atoms. The highest BCUT2D eigenvalue weighted by Gasteiger charge is 2.11. The standard InChI is InChI=1S/C16H27N3O3S/c1-6-17-15(19-16(2,3)4)18-11-12-22-13-7-9-14(10-8-13)23(5,20)21/h7-10H,6,11-12H2,1-5H3,(H2,17,18,19). The van der Waals surface area contributed by atoms with Crippen LogP contribution in [-0.2, 0) is 9.84 Å². The average Bonchev–Trinajstić information content (AvgIpc) is 2.41. The van der Waals surface area contributed by atoms with Gasteiger partial charge in [-0.1, -0.05) is 0 Å². The smallest absolute Gasteiger partial charge is 0.191 e. The van der Waals surface area contributed by atoms with Gasteiger partial charge in [-0.15, -0.1) is 0 Å². The number of benzene rings is 1. The zero-order valence-corrected chi connectivity index (χ0v) is 15.3. The Labute approximate surface area is 139 Å². The first-order valence-electron chi connectivity index (χ1n) is 7.61. The molecule has 0 amide bonds. The van der Waals surface area contributed by atoms with E-state index in [2.05, 4.69) is 36.4 Å². The van der Waals surface area contributed by atoms with Crippen molar-refractivity contribution in [3.8, 4) is 5.75 Å². The van der Waals surface area contributed by atoms with Crippen LogP contribution in [0.3, 0.4) is 0 Å². The van der Waals surface area contributed by atoms with Gasteiger partial charge in [0, 0.05) is 18.3 Å². The molecule has 0 spiro atoms. The quantitative estimate of drug-likeness (QED) is 0.469. The van der Waals surface area contributed by atoms with Gasteiger partial charge in [-0.2, -0.15) is 0 Å². The molecule has 1 aromatic rings. The molecule has 1 aromatic carbocycles. The lowest BCUT2D eigenvalue weighted by molar-refractivity contribution is 0.328. The minimum Gasteiger partial charge on any atom is -0.492 e. The van der Waals surface area contributed by atoms with Crippen molar-refractivity contribution in [1.82, 2.24) is 10.6 Å². The Hall–Kier alpha value is -1.76. The highest BCUT2D eigenvalue weighted by Crippen LogP contribution is 2.15. The molecule has 0 unspecified atom stereocenters. The average molecular weight is 341 g/mol. The van der Waals surface area contributed by atoms with Gasteiger partial charge in [0.1, 0.15) is 12.4 Å². The molecule has 1 rings (SSSR count). The molecule has 7 heteroatoms. The van der Waals surface area contributed by atoms with Crippen LogP contribution in [0.15, 0.2) is 34.2 Å². The summed E-state index contributed by atoms with van der Waals surface area (Å²) < 4.78 is 28.3. The fourth-order valence-corrected chi connectivity index (χ4v) is 2.40. The van der Waals surface area contributed by atoms with Crippen LogP contribution >= 0.6 is 0 Å². The summed E-state index contributed by atoms with van der Waals surface area (Å²) in [6.07, 6.45) is 1.18. The Morgan fingerprint density at radius 2 is 1.83 bits per heavy atom. The summed E-state index contributed by atoms with van der Waals surface area (Å²) in [6.45, 7) is 9.92. The van der Waals surface area contributed by atoms with Crippen LogP contribution in [0, 0.1) is 0 Å². The van der Waals surface area contributed by atoms with Gasteiger partial charge < -0.3 is 15.4 Å². The summed E-state index contributed by atoms with van der Waals surface area (Å²) >= 11 is 0. The number of guanidine groups is 1. The number of hydrogen-bond acceptors (Lipinski definition) is 4. The zero-order valence-electron chi connectivity index (χ0n) is 14.5. The van der Waals surface area contributed by atoms with E-state index in [-0.39, 0.29) is 10.4 Å². The van der Waals surface area contributed by atoms with Crippen molar-refractivity contribution in [2.45, 2.75) is 38.1 Å². The molecule has 23 heavy (non-hydrogen) atoms. The Morgan fingerprint density at radius 1 is 1.22 bits per heavy atom. The molecule has 6 nitrogen and oxygen atoms in total. The topological polar surface area (TPSA) is 79.8 Å². The van der Waals surface area contributed by atoms with E-state index < -0.39 is 9.84 Å². The summed E-state index contributed by atoms with van der Waals surface area (Å²) in [6, 6.07) is 6.38. The van der Waals surface area contributed by atoms with E-state index in [1.165, 1.54) is 6.26 Å². The third kappa shape index (κ3) is 7.88. The fourth-order valence-electron chi connectivity index (χ4n) is 1.77. The van der Waals surface area contributed by atoms with Crippen molar-refractivity contribution in [3.05, 3.63) is 24.3 Å². The highest BCUT2D eigenvalue weighted by atomic mass is 32.2. The number of aliphatic imine (C=N–C) groups is 1. The first kappa shape index (κ1) is 19.3. The minimum atomic E-state index is -3.17. The predicted octanol–water partition coefficient (Wildman–Crippen LogP) is 1.82. The highest BCUT2D eigenvalue weighted by molar-refractivity contribution is 7.90. The second-order valence-electron chi connectivity index (χ2n) is 6.23. The number of sulfone groups is 1. The maximum absolute atomic E-state index is 11.4.